The Morgan fingerprint density at radius 2 is 1.89 bits per heavy atom. The van der Waals surface area contributed by atoms with Crippen molar-refractivity contribution < 1.29 is 9.85 Å². The molecular formula is C8H7BrN6O4. The molecule has 0 aliphatic carbocycles. The summed E-state index contributed by atoms with van der Waals surface area (Å²) in [5.74, 6) is -0.378. The summed E-state index contributed by atoms with van der Waals surface area (Å²) >= 11 is 2.94. The van der Waals surface area contributed by atoms with E-state index in [0.717, 1.165) is 12.3 Å². The van der Waals surface area contributed by atoms with Crippen molar-refractivity contribution in [2.75, 3.05) is 0 Å². The molecule has 4 N–H and O–H groups in total. The highest BCUT2D eigenvalue weighted by atomic mass is 79.9. The maximum absolute atomic E-state index is 10.9. The molecule has 0 aromatic heterocycles. The highest BCUT2D eigenvalue weighted by Gasteiger charge is 2.26. The molecule has 0 saturated carbocycles. The first-order valence-electron chi connectivity index (χ1n) is 4.58. The van der Waals surface area contributed by atoms with Gasteiger partial charge in [-0.3, -0.25) is 20.2 Å². The van der Waals surface area contributed by atoms with Crippen LogP contribution in [-0.2, 0) is 0 Å². The van der Waals surface area contributed by atoms with Crippen LogP contribution in [0.4, 0.5) is 11.4 Å². The predicted octanol–water partition coefficient (Wildman–Crippen LogP) is 0.873. The Hall–Kier alpha value is -2.56. The predicted molar refractivity (Wildman–Crippen MR) is 70.9 cm³/mol. The zero-order chi connectivity index (χ0) is 14.6. The fourth-order valence-electron chi connectivity index (χ4n) is 1.20. The molecule has 100 valence electrons. The molecule has 0 saturated heterocycles. The molecule has 0 unspecified atom stereocenters. The van der Waals surface area contributed by atoms with Gasteiger partial charge >= 0.3 is 0 Å². The molecule has 0 amide bonds. The summed E-state index contributed by atoms with van der Waals surface area (Å²) in [6.45, 7) is 0. The molecule has 19 heavy (non-hydrogen) atoms. The summed E-state index contributed by atoms with van der Waals surface area (Å²) in [5.41, 5.74) is 8.75. The molecule has 0 bridgehead atoms. The summed E-state index contributed by atoms with van der Waals surface area (Å²) in [5, 5.41) is 28.3. The highest BCUT2D eigenvalue weighted by molar-refractivity contribution is 9.10. The number of guanidine groups is 1. The van der Waals surface area contributed by atoms with Gasteiger partial charge in [-0.1, -0.05) is 0 Å². The third kappa shape index (κ3) is 3.45. The number of nitro benzene ring substituents is 2. The monoisotopic (exact) mass is 330 g/mol. The number of hydrogen-bond donors (Lipinski definition) is 2. The van der Waals surface area contributed by atoms with Crippen molar-refractivity contribution in [1.29, 1.82) is 0 Å². The van der Waals surface area contributed by atoms with E-state index in [4.69, 9.17) is 11.5 Å². The first-order chi connectivity index (χ1) is 8.84. The minimum atomic E-state index is -0.770. The van der Waals surface area contributed by atoms with E-state index in [0.29, 0.717) is 0 Å². The second-order valence-electron chi connectivity index (χ2n) is 3.11. The Labute approximate surface area is 114 Å². The van der Waals surface area contributed by atoms with E-state index < -0.39 is 21.2 Å². The zero-order valence-electron chi connectivity index (χ0n) is 9.19. The van der Waals surface area contributed by atoms with Gasteiger partial charge in [-0.15, -0.1) is 5.10 Å². The number of nitro groups is 2. The largest absolute Gasteiger partial charge is 0.369 e. The number of nitrogens with two attached hydrogens (primary N) is 2. The molecule has 1 rings (SSSR count). The van der Waals surface area contributed by atoms with Crippen molar-refractivity contribution in [2.24, 2.45) is 21.7 Å². The van der Waals surface area contributed by atoms with Crippen molar-refractivity contribution in [3.63, 3.8) is 0 Å². The van der Waals surface area contributed by atoms with Crippen molar-refractivity contribution in [1.82, 2.24) is 0 Å². The second kappa shape index (κ2) is 5.86. The van der Waals surface area contributed by atoms with Crippen molar-refractivity contribution in [2.45, 2.75) is 0 Å². The topological polar surface area (TPSA) is 163 Å². The van der Waals surface area contributed by atoms with Gasteiger partial charge in [-0.05, 0) is 22.0 Å². The normalized spacial score (nSPS) is 10.4. The molecule has 0 spiro atoms. The summed E-state index contributed by atoms with van der Waals surface area (Å²) in [7, 11) is 0. The van der Waals surface area contributed by atoms with Gasteiger partial charge in [0, 0.05) is 6.07 Å². The first kappa shape index (κ1) is 14.5. The third-order valence-electron chi connectivity index (χ3n) is 1.88. The van der Waals surface area contributed by atoms with Gasteiger partial charge in [-0.2, -0.15) is 5.10 Å². The smallest absolute Gasteiger partial charge is 0.299 e. The molecule has 1 aromatic rings. The van der Waals surface area contributed by atoms with Crippen molar-refractivity contribution >= 4 is 39.5 Å². The van der Waals surface area contributed by atoms with Gasteiger partial charge < -0.3 is 11.5 Å². The van der Waals surface area contributed by atoms with Crippen molar-refractivity contribution in [3.05, 3.63) is 42.4 Å². The Bertz CT molecular complexity index is 595. The minimum absolute atomic E-state index is 0.0780. The average Bonchev–Trinajstić information content (AvgIpc) is 2.27. The van der Waals surface area contributed by atoms with Crippen LogP contribution in [-0.4, -0.2) is 22.0 Å². The van der Waals surface area contributed by atoms with Gasteiger partial charge in [0.25, 0.3) is 11.4 Å². The molecule has 0 aliphatic rings. The molecular weight excluding hydrogens is 324 g/mol. The number of nitrogens with zero attached hydrogens (tertiary/aromatic N) is 4. The fourth-order valence-corrected chi connectivity index (χ4v) is 1.69. The number of rotatable bonds is 4. The van der Waals surface area contributed by atoms with Gasteiger partial charge in [0.1, 0.15) is 0 Å². The summed E-state index contributed by atoms with van der Waals surface area (Å²) in [6, 6.07) is 2.31. The standard InChI is InChI=1S/C8H7BrN6O4/c9-5-1-2-6(14(16)17)4(7(5)15(18)19)3-12-13-8(10)11/h1-3H,(H4,10,11,13). The maximum atomic E-state index is 10.9. The molecule has 1 aromatic carbocycles. The second-order valence-corrected chi connectivity index (χ2v) is 3.97. The van der Waals surface area contributed by atoms with Gasteiger partial charge in [0.2, 0.25) is 5.96 Å². The van der Waals surface area contributed by atoms with E-state index in [1.165, 1.54) is 6.07 Å². The van der Waals surface area contributed by atoms with E-state index >= 15 is 0 Å². The van der Waals surface area contributed by atoms with Crippen LogP contribution >= 0.6 is 15.9 Å². The number of benzene rings is 1. The van der Waals surface area contributed by atoms with Crippen molar-refractivity contribution in [3.8, 4) is 0 Å². The lowest BCUT2D eigenvalue weighted by Gasteiger charge is -2.00. The van der Waals surface area contributed by atoms with Crippen LogP contribution in [0.1, 0.15) is 5.56 Å². The van der Waals surface area contributed by atoms with E-state index in [9.17, 15) is 20.2 Å². The molecule has 0 atom stereocenters. The van der Waals surface area contributed by atoms with Gasteiger partial charge in [0.15, 0.2) is 5.56 Å². The molecule has 0 heterocycles. The van der Waals surface area contributed by atoms with Crippen LogP contribution in [0.3, 0.4) is 0 Å². The van der Waals surface area contributed by atoms with Crippen LogP contribution < -0.4 is 11.5 Å². The number of halogens is 1. The third-order valence-corrected chi connectivity index (χ3v) is 2.52. The van der Waals surface area contributed by atoms with Crippen LogP contribution in [0, 0.1) is 20.2 Å². The lowest BCUT2D eigenvalue weighted by molar-refractivity contribution is -0.394. The first-order valence-corrected chi connectivity index (χ1v) is 5.37. The Morgan fingerprint density at radius 3 is 2.37 bits per heavy atom. The molecule has 0 radical (unpaired) electrons. The van der Waals surface area contributed by atoms with Crippen LogP contribution in [0.2, 0.25) is 0 Å². The summed E-state index contributed by atoms with van der Waals surface area (Å²) in [6.07, 6.45) is 0.848. The minimum Gasteiger partial charge on any atom is -0.369 e. The van der Waals surface area contributed by atoms with E-state index in [1.54, 1.807) is 0 Å². The molecule has 0 aliphatic heterocycles. The van der Waals surface area contributed by atoms with Gasteiger partial charge in [-0.25, -0.2) is 0 Å². The lowest BCUT2D eigenvalue weighted by Crippen LogP contribution is -2.21. The van der Waals surface area contributed by atoms with Crippen LogP contribution in [0.25, 0.3) is 0 Å². The Kier molecular flexibility index (Phi) is 4.47. The molecule has 10 nitrogen and oxygen atoms in total. The van der Waals surface area contributed by atoms with Gasteiger partial charge in [0.05, 0.1) is 20.5 Å². The van der Waals surface area contributed by atoms with Crippen LogP contribution in [0.5, 0.6) is 0 Å². The maximum Gasteiger partial charge on any atom is 0.299 e. The number of hydrogen-bond acceptors (Lipinski definition) is 6. The van der Waals surface area contributed by atoms with Crippen LogP contribution in [0.15, 0.2) is 26.8 Å². The Balaban J connectivity index is 3.50. The lowest BCUT2D eigenvalue weighted by atomic mass is 10.1. The highest BCUT2D eigenvalue weighted by Crippen LogP contribution is 2.33. The zero-order valence-corrected chi connectivity index (χ0v) is 10.8. The summed E-state index contributed by atoms with van der Waals surface area (Å²) in [4.78, 5) is 20.2. The summed E-state index contributed by atoms with van der Waals surface area (Å²) < 4.78 is 0.0780. The molecule has 11 heteroatoms. The SMILES string of the molecule is NC(N)=NN=Cc1c([N+](=O)[O-])ccc(Br)c1[N+](=O)[O-]. The quantitative estimate of drug-likeness (QED) is 0.360. The van der Waals surface area contributed by atoms with E-state index in [-0.39, 0.29) is 16.0 Å². The Morgan fingerprint density at radius 1 is 1.26 bits per heavy atom. The van der Waals surface area contributed by atoms with E-state index in [2.05, 4.69) is 26.1 Å². The molecule has 0 fully saturated rings. The average molecular weight is 331 g/mol. The fraction of sp³-hybridized carbons (Fsp3) is 0. The van der Waals surface area contributed by atoms with E-state index in [1.807, 2.05) is 0 Å².